The predicted molar refractivity (Wildman–Crippen MR) is 112 cm³/mol. The van der Waals surface area contributed by atoms with E-state index in [4.69, 9.17) is 0 Å². The minimum Gasteiger partial charge on any atom is -0.311 e. The van der Waals surface area contributed by atoms with Gasteiger partial charge in [-0.1, -0.05) is 56.3 Å². The molecular weight excluding hydrogens is 332 g/mol. The Labute approximate surface area is 163 Å². The molecule has 1 unspecified atom stereocenters. The van der Waals surface area contributed by atoms with Crippen molar-refractivity contribution in [3.63, 3.8) is 0 Å². The molecule has 1 heterocycles. The number of nitrogens with zero attached hydrogens (tertiary/aromatic N) is 1. The average Bonchev–Trinajstić information content (AvgIpc) is 2.65. The number of fused-ring (bicyclic) bond motifs is 1. The molecule has 1 aliphatic heterocycles. The van der Waals surface area contributed by atoms with Crippen molar-refractivity contribution in [1.29, 1.82) is 0 Å². The third-order valence-corrected chi connectivity index (χ3v) is 5.45. The van der Waals surface area contributed by atoms with Gasteiger partial charge in [0.15, 0.2) is 5.78 Å². The Kier molecular flexibility index (Phi) is 6.81. The molecule has 144 valence electrons. The fraction of sp³-hybridized carbons (Fsp3) is 0.458. The number of benzene rings is 2. The van der Waals surface area contributed by atoms with E-state index in [1.807, 2.05) is 6.07 Å². The van der Waals surface area contributed by atoms with Gasteiger partial charge >= 0.3 is 0 Å². The van der Waals surface area contributed by atoms with Crippen LogP contribution in [0.3, 0.4) is 0 Å². The maximum atomic E-state index is 11.7. The summed E-state index contributed by atoms with van der Waals surface area (Å²) >= 11 is 0. The van der Waals surface area contributed by atoms with Crippen LogP contribution < -0.4 is 5.32 Å². The van der Waals surface area contributed by atoms with Gasteiger partial charge in [0.25, 0.3) is 0 Å². The van der Waals surface area contributed by atoms with E-state index in [2.05, 4.69) is 66.5 Å². The summed E-state index contributed by atoms with van der Waals surface area (Å²) in [5, 5.41) is 3.58. The van der Waals surface area contributed by atoms with Crippen molar-refractivity contribution in [3.8, 4) is 0 Å². The van der Waals surface area contributed by atoms with Crippen LogP contribution >= 0.6 is 0 Å². The number of hydrogen-bond donors (Lipinski definition) is 1. The van der Waals surface area contributed by atoms with E-state index in [0.29, 0.717) is 12.0 Å². The Morgan fingerprint density at radius 1 is 1.15 bits per heavy atom. The smallest absolute Gasteiger partial charge is 0.159 e. The van der Waals surface area contributed by atoms with Crippen LogP contribution in [0.1, 0.15) is 54.2 Å². The van der Waals surface area contributed by atoms with Crippen LogP contribution in [0.2, 0.25) is 0 Å². The van der Waals surface area contributed by atoms with Gasteiger partial charge in [-0.25, -0.2) is 0 Å². The van der Waals surface area contributed by atoms with E-state index < -0.39 is 0 Å². The zero-order valence-corrected chi connectivity index (χ0v) is 16.9. The Morgan fingerprint density at radius 3 is 2.63 bits per heavy atom. The van der Waals surface area contributed by atoms with Gasteiger partial charge in [0.05, 0.1) is 0 Å². The van der Waals surface area contributed by atoms with Crippen molar-refractivity contribution in [2.75, 3.05) is 13.1 Å². The van der Waals surface area contributed by atoms with E-state index in [1.165, 1.54) is 23.1 Å². The van der Waals surface area contributed by atoms with Crippen LogP contribution in [0.5, 0.6) is 0 Å². The fourth-order valence-corrected chi connectivity index (χ4v) is 4.01. The molecule has 0 aliphatic carbocycles. The highest BCUT2D eigenvalue weighted by Crippen LogP contribution is 2.27. The first kappa shape index (κ1) is 19.8. The summed E-state index contributed by atoms with van der Waals surface area (Å²) in [7, 11) is 0. The van der Waals surface area contributed by atoms with Gasteiger partial charge < -0.3 is 5.32 Å². The van der Waals surface area contributed by atoms with Gasteiger partial charge in [-0.2, -0.15) is 0 Å². The van der Waals surface area contributed by atoms with Crippen LogP contribution in [0, 0.1) is 5.92 Å². The van der Waals surface area contributed by atoms with Crippen LogP contribution in [-0.2, 0) is 19.5 Å². The molecule has 27 heavy (non-hydrogen) atoms. The van der Waals surface area contributed by atoms with E-state index in [-0.39, 0.29) is 5.78 Å². The molecule has 0 aromatic heterocycles. The van der Waals surface area contributed by atoms with E-state index in [9.17, 15) is 4.79 Å². The minimum atomic E-state index is 0.151. The molecule has 2 aromatic rings. The summed E-state index contributed by atoms with van der Waals surface area (Å²) in [4.78, 5) is 14.3. The molecule has 1 aliphatic rings. The van der Waals surface area contributed by atoms with Crippen LogP contribution in [0.15, 0.2) is 48.5 Å². The molecule has 2 aromatic carbocycles. The molecule has 0 radical (unpaired) electrons. The van der Waals surface area contributed by atoms with Gasteiger partial charge in [-0.05, 0) is 48.4 Å². The standard InChI is InChI=1S/C24H32N2O/c1-18(2)13-24-15-22-10-9-21(19(3)27)14-23(22)17-26(24)12-11-25-16-20-7-5-4-6-8-20/h4-10,14,18,24-25H,11-13,15-17H2,1-3H3. The summed E-state index contributed by atoms with van der Waals surface area (Å²) in [5.41, 5.74) is 4.90. The van der Waals surface area contributed by atoms with Crippen molar-refractivity contribution in [2.24, 2.45) is 5.92 Å². The Balaban J connectivity index is 1.63. The topological polar surface area (TPSA) is 32.3 Å². The van der Waals surface area contributed by atoms with Crippen LogP contribution in [0.25, 0.3) is 0 Å². The second-order valence-corrected chi connectivity index (χ2v) is 8.16. The lowest BCUT2D eigenvalue weighted by Gasteiger charge is -2.38. The molecule has 0 spiro atoms. The monoisotopic (exact) mass is 364 g/mol. The van der Waals surface area contributed by atoms with Gasteiger partial charge in [0.2, 0.25) is 0 Å². The molecule has 0 bridgehead atoms. The highest BCUT2D eigenvalue weighted by molar-refractivity contribution is 5.94. The maximum Gasteiger partial charge on any atom is 0.159 e. The van der Waals surface area contributed by atoms with E-state index in [1.54, 1.807) is 6.92 Å². The number of carbonyl (C=O) groups is 1. The largest absolute Gasteiger partial charge is 0.311 e. The van der Waals surface area contributed by atoms with Crippen molar-refractivity contribution < 1.29 is 4.79 Å². The molecule has 0 saturated heterocycles. The summed E-state index contributed by atoms with van der Waals surface area (Å²) in [5.74, 6) is 0.839. The van der Waals surface area contributed by atoms with E-state index in [0.717, 1.165) is 38.2 Å². The number of nitrogens with one attached hydrogen (secondary N) is 1. The summed E-state index contributed by atoms with van der Waals surface area (Å²) in [6.45, 7) is 10.1. The van der Waals surface area contributed by atoms with Gasteiger partial charge in [0, 0.05) is 37.8 Å². The van der Waals surface area contributed by atoms with Gasteiger partial charge in [-0.3, -0.25) is 9.69 Å². The van der Waals surface area contributed by atoms with E-state index >= 15 is 0 Å². The molecule has 3 heteroatoms. The third kappa shape index (κ3) is 5.50. The molecule has 1 atom stereocenters. The fourth-order valence-electron chi connectivity index (χ4n) is 4.01. The first-order valence-corrected chi connectivity index (χ1v) is 10.1. The Bertz CT molecular complexity index is 754. The molecule has 3 rings (SSSR count). The number of ketones is 1. The minimum absolute atomic E-state index is 0.151. The maximum absolute atomic E-state index is 11.7. The first-order chi connectivity index (χ1) is 13.0. The molecule has 0 fully saturated rings. The van der Waals surface area contributed by atoms with Crippen molar-refractivity contribution in [1.82, 2.24) is 10.2 Å². The molecule has 0 saturated carbocycles. The number of hydrogen-bond acceptors (Lipinski definition) is 3. The SMILES string of the molecule is CC(=O)c1ccc2c(c1)CN(CCNCc1ccccc1)C(CC(C)C)C2. The Morgan fingerprint density at radius 2 is 1.93 bits per heavy atom. The molecule has 0 amide bonds. The van der Waals surface area contributed by atoms with Crippen molar-refractivity contribution >= 4 is 5.78 Å². The Hall–Kier alpha value is -1.97. The highest BCUT2D eigenvalue weighted by Gasteiger charge is 2.26. The van der Waals surface area contributed by atoms with Crippen LogP contribution in [-0.4, -0.2) is 29.8 Å². The highest BCUT2D eigenvalue weighted by atomic mass is 16.1. The lowest BCUT2D eigenvalue weighted by atomic mass is 9.88. The van der Waals surface area contributed by atoms with Gasteiger partial charge in [0.1, 0.15) is 0 Å². The van der Waals surface area contributed by atoms with Crippen LogP contribution in [0.4, 0.5) is 0 Å². The summed E-state index contributed by atoms with van der Waals surface area (Å²) in [6.07, 6.45) is 2.30. The summed E-state index contributed by atoms with van der Waals surface area (Å²) < 4.78 is 0. The normalized spacial score (nSPS) is 17.1. The molecule has 3 nitrogen and oxygen atoms in total. The first-order valence-electron chi connectivity index (χ1n) is 10.1. The predicted octanol–water partition coefficient (Wildman–Crippen LogP) is 4.45. The zero-order chi connectivity index (χ0) is 19.2. The van der Waals surface area contributed by atoms with Crippen molar-refractivity contribution in [2.45, 2.75) is 52.7 Å². The number of Topliss-reactive ketones (excluding diaryl/α,β-unsaturated/α-hetero) is 1. The zero-order valence-electron chi connectivity index (χ0n) is 16.9. The number of rotatable bonds is 8. The number of carbonyl (C=O) groups excluding carboxylic acids is 1. The lowest BCUT2D eigenvalue weighted by Crippen LogP contribution is -2.44. The molecule has 1 N–H and O–H groups in total. The second-order valence-electron chi connectivity index (χ2n) is 8.16. The average molecular weight is 365 g/mol. The molecular formula is C24H32N2O. The third-order valence-electron chi connectivity index (χ3n) is 5.45. The quantitative estimate of drug-likeness (QED) is 0.555. The van der Waals surface area contributed by atoms with Gasteiger partial charge in [-0.15, -0.1) is 0 Å². The lowest BCUT2D eigenvalue weighted by molar-refractivity contribution is 0.101. The van der Waals surface area contributed by atoms with Crippen molar-refractivity contribution in [3.05, 3.63) is 70.8 Å². The summed E-state index contributed by atoms with van der Waals surface area (Å²) in [6, 6.07) is 17.4. The second kappa shape index (κ2) is 9.29.